The van der Waals surface area contributed by atoms with E-state index in [1.807, 2.05) is 0 Å². The number of carbonyl (C=O) groups excluding carboxylic acids is 2. The van der Waals surface area contributed by atoms with Crippen molar-refractivity contribution in [2.24, 2.45) is 0 Å². The summed E-state index contributed by atoms with van der Waals surface area (Å²) in [4.78, 5) is 46.9. The van der Waals surface area contributed by atoms with E-state index in [9.17, 15) is 19.2 Å². The smallest absolute Gasteiger partial charge is 0.303 e. The molecule has 0 aliphatic rings. The number of carboxylic acid groups (broad SMARTS) is 2. The minimum absolute atomic E-state index is 0.120. The second kappa shape index (κ2) is 13.8. The van der Waals surface area contributed by atoms with Gasteiger partial charge in [0.1, 0.15) is 13.2 Å². The fourth-order valence-electron chi connectivity index (χ4n) is 4.25. The van der Waals surface area contributed by atoms with Crippen molar-refractivity contribution in [3.05, 3.63) is 57.8 Å². The van der Waals surface area contributed by atoms with Gasteiger partial charge in [0, 0.05) is 47.1 Å². The highest BCUT2D eigenvalue weighted by Crippen LogP contribution is 2.40. The number of Topliss-reactive ketones (excluding diaryl/α,β-unsaturated/α-hetero) is 2. The van der Waals surface area contributed by atoms with Crippen LogP contribution in [0.1, 0.15) is 45.0 Å². The van der Waals surface area contributed by atoms with Crippen LogP contribution in [0.25, 0.3) is 20.2 Å². The summed E-state index contributed by atoms with van der Waals surface area (Å²) in [7, 11) is 3.15. The third-order valence-electron chi connectivity index (χ3n) is 6.49. The zero-order chi connectivity index (χ0) is 32.1. The summed E-state index contributed by atoms with van der Waals surface area (Å²) in [5.74, 6) is -4.67. The van der Waals surface area contributed by atoms with Gasteiger partial charge in [-0.1, -0.05) is 6.58 Å². The zero-order valence-corrected chi connectivity index (χ0v) is 25.3. The summed E-state index contributed by atoms with van der Waals surface area (Å²) >= 11 is 2.11. The molecule has 4 aromatic rings. The number of ketones is 2. The van der Waals surface area contributed by atoms with Gasteiger partial charge in [-0.15, -0.1) is 22.7 Å². The molecular weight excluding hydrogens is 618 g/mol. The summed E-state index contributed by atoms with van der Waals surface area (Å²) in [5, 5.41) is 23.7. The van der Waals surface area contributed by atoms with Crippen LogP contribution in [0.5, 0.6) is 11.5 Å². The number of rotatable bonds is 16. The number of aliphatic carboxylic acids is 2. The number of nitrogens with one attached hydrogen (secondary N) is 2. The molecule has 0 fully saturated rings. The summed E-state index contributed by atoms with van der Waals surface area (Å²) < 4.78 is 43.5. The molecule has 0 saturated heterocycles. The van der Waals surface area contributed by atoms with E-state index in [1.54, 1.807) is 26.2 Å². The van der Waals surface area contributed by atoms with E-state index >= 15 is 8.78 Å². The minimum Gasteiger partial charge on any atom is -0.484 e. The minimum atomic E-state index is -1.10. The summed E-state index contributed by atoms with van der Waals surface area (Å²) in [6, 6.07) is 5.99. The predicted molar refractivity (Wildman–Crippen MR) is 165 cm³/mol. The Hall–Kier alpha value is -4.56. The number of carbonyl (C=O) groups is 4. The van der Waals surface area contributed by atoms with E-state index in [4.69, 9.17) is 19.7 Å². The fraction of sp³-hybridized carbons (Fsp3) is 0.267. The molecule has 4 rings (SSSR count). The molecule has 0 aliphatic heterocycles. The van der Waals surface area contributed by atoms with E-state index < -0.39 is 35.1 Å². The molecule has 0 bridgehead atoms. The number of ether oxygens (including phenoxy) is 2. The van der Waals surface area contributed by atoms with Crippen LogP contribution in [-0.2, 0) is 9.59 Å². The zero-order valence-electron chi connectivity index (χ0n) is 23.7. The van der Waals surface area contributed by atoms with Gasteiger partial charge in [0.15, 0.2) is 34.7 Å². The molecule has 4 N–H and O–H groups in total. The van der Waals surface area contributed by atoms with Crippen LogP contribution in [0.4, 0.5) is 20.2 Å². The van der Waals surface area contributed by atoms with Gasteiger partial charge < -0.3 is 30.3 Å². The van der Waals surface area contributed by atoms with Crippen LogP contribution in [0, 0.1) is 11.6 Å². The van der Waals surface area contributed by atoms with Crippen LogP contribution in [-0.4, -0.2) is 61.0 Å². The van der Waals surface area contributed by atoms with Crippen LogP contribution in [0.15, 0.2) is 36.4 Å². The molecule has 44 heavy (non-hydrogen) atoms. The maximum Gasteiger partial charge on any atom is 0.303 e. The topological polar surface area (TPSA) is 151 Å². The summed E-state index contributed by atoms with van der Waals surface area (Å²) in [5.41, 5.74) is 0.975. The van der Waals surface area contributed by atoms with Crippen LogP contribution >= 0.6 is 22.7 Å². The Balaban J connectivity index is 1.48. The van der Waals surface area contributed by atoms with E-state index in [2.05, 4.69) is 17.2 Å². The molecule has 14 heteroatoms. The second-order valence-corrected chi connectivity index (χ2v) is 11.8. The lowest BCUT2D eigenvalue weighted by Gasteiger charge is -2.16. The Morgan fingerprint density at radius 3 is 1.45 bits per heavy atom. The van der Waals surface area contributed by atoms with E-state index in [0.717, 1.165) is 22.7 Å². The van der Waals surface area contributed by atoms with Gasteiger partial charge in [-0.05, 0) is 29.8 Å². The van der Waals surface area contributed by atoms with Crippen molar-refractivity contribution in [2.75, 3.05) is 37.9 Å². The quantitative estimate of drug-likeness (QED) is 0.0776. The molecule has 232 valence electrons. The number of fused-ring (bicyclic) bond motifs is 2. The first-order valence-corrected chi connectivity index (χ1v) is 14.9. The maximum atomic E-state index is 15.5. The van der Waals surface area contributed by atoms with Crippen molar-refractivity contribution in [1.29, 1.82) is 0 Å². The van der Waals surface area contributed by atoms with Gasteiger partial charge in [-0.25, -0.2) is 8.78 Å². The fourth-order valence-corrected chi connectivity index (χ4v) is 6.38. The van der Waals surface area contributed by atoms with Crippen LogP contribution in [0.3, 0.4) is 0 Å². The number of carboxylic acids is 2. The Morgan fingerprint density at radius 1 is 0.727 bits per heavy atom. The van der Waals surface area contributed by atoms with Gasteiger partial charge in [0.05, 0.1) is 34.0 Å². The molecule has 0 atom stereocenters. The van der Waals surface area contributed by atoms with E-state index in [1.165, 1.54) is 12.1 Å². The van der Waals surface area contributed by atoms with Crippen LogP contribution in [0.2, 0.25) is 0 Å². The van der Waals surface area contributed by atoms with Crippen molar-refractivity contribution in [3.8, 4) is 11.5 Å². The largest absolute Gasteiger partial charge is 0.484 e. The normalized spacial score (nSPS) is 11.0. The van der Waals surface area contributed by atoms with E-state index in [0.29, 0.717) is 26.3 Å². The van der Waals surface area contributed by atoms with E-state index in [-0.39, 0.29) is 70.9 Å². The van der Waals surface area contributed by atoms with Crippen molar-refractivity contribution in [3.63, 3.8) is 0 Å². The first-order chi connectivity index (χ1) is 20.9. The molecule has 2 heterocycles. The number of hydrogen-bond donors (Lipinski definition) is 4. The third-order valence-corrected chi connectivity index (χ3v) is 8.74. The predicted octanol–water partition coefficient (Wildman–Crippen LogP) is 6.59. The third kappa shape index (κ3) is 7.14. The Morgan fingerprint density at radius 2 is 1.11 bits per heavy atom. The van der Waals surface area contributed by atoms with Crippen molar-refractivity contribution < 1.29 is 47.6 Å². The number of hydrogen-bond acceptors (Lipinski definition) is 10. The SMILES string of the molecule is C=C(COc1c(NC)cc2sc(C(=O)CCC(=O)O)cc2c1F)COc1c(NC)cc2sc(C(=O)CCC(=O)O)cc2c1F. The Bertz CT molecular complexity index is 1670. The number of halogens is 2. The molecule has 0 radical (unpaired) electrons. The molecule has 2 aromatic heterocycles. The standard InChI is InChI=1S/C30H28F2N2O8S2/c1-14(12-41-29-17(33-2)10-21-15(27(29)31)8-23(43-21)19(35)4-6-25(37)38)13-42-30-18(34-3)11-22-16(28(30)32)9-24(44-22)20(36)5-7-26(39)40/h8-11,33-34H,1,4-7,12-13H2,2-3H3,(H,37,38)(H,39,40). The van der Waals surface area contributed by atoms with Crippen molar-refractivity contribution in [2.45, 2.75) is 25.7 Å². The summed E-state index contributed by atoms with van der Waals surface area (Å²) in [6.07, 6.45) is -1.06. The first-order valence-electron chi connectivity index (χ1n) is 13.2. The highest BCUT2D eigenvalue weighted by Gasteiger charge is 2.22. The van der Waals surface area contributed by atoms with Gasteiger partial charge in [-0.3, -0.25) is 19.2 Å². The molecule has 0 saturated carbocycles. The molecular formula is C30H28F2N2O8S2. The van der Waals surface area contributed by atoms with Crippen molar-refractivity contribution >= 4 is 77.7 Å². The summed E-state index contributed by atoms with van der Waals surface area (Å²) in [6.45, 7) is 3.51. The maximum absolute atomic E-state index is 15.5. The molecule has 0 unspecified atom stereocenters. The van der Waals surface area contributed by atoms with Gasteiger partial charge in [-0.2, -0.15) is 0 Å². The number of thiophene rings is 2. The van der Waals surface area contributed by atoms with Gasteiger partial charge in [0.2, 0.25) is 0 Å². The second-order valence-electron chi connectivity index (χ2n) is 9.64. The molecule has 0 amide bonds. The monoisotopic (exact) mass is 646 g/mol. The van der Waals surface area contributed by atoms with Crippen molar-refractivity contribution in [1.82, 2.24) is 0 Å². The molecule has 2 aromatic carbocycles. The highest BCUT2D eigenvalue weighted by atomic mass is 32.1. The van der Waals surface area contributed by atoms with Crippen LogP contribution < -0.4 is 20.1 Å². The van der Waals surface area contributed by atoms with Gasteiger partial charge >= 0.3 is 11.9 Å². The Labute approximate surface area is 257 Å². The van der Waals surface area contributed by atoms with Gasteiger partial charge in [0.25, 0.3) is 0 Å². The number of benzene rings is 2. The average Bonchev–Trinajstić information content (AvgIpc) is 3.62. The molecule has 10 nitrogen and oxygen atoms in total. The average molecular weight is 647 g/mol. The first kappa shape index (κ1) is 32.4. The Kier molecular flexibility index (Phi) is 10.2. The number of anilines is 2. The molecule has 0 spiro atoms. The lowest BCUT2D eigenvalue weighted by atomic mass is 10.1. The lowest BCUT2D eigenvalue weighted by molar-refractivity contribution is -0.137. The lowest BCUT2D eigenvalue weighted by Crippen LogP contribution is -2.11. The highest BCUT2D eigenvalue weighted by molar-refractivity contribution is 7.21. The molecule has 0 aliphatic carbocycles.